The SMILES string of the molecule is C=CCN(CC=C)C(=O)Cn1c(=O)sc2ccccc21. The van der Waals surface area contributed by atoms with Gasteiger partial charge in [0.15, 0.2) is 0 Å². The molecule has 0 saturated carbocycles. The van der Waals surface area contributed by atoms with Crippen LogP contribution in [0.25, 0.3) is 10.2 Å². The van der Waals surface area contributed by atoms with Gasteiger partial charge in [-0.3, -0.25) is 14.2 Å². The van der Waals surface area contributed by atoms with E-state index in [2.05, 4.69) is 13.2 Å². The lowest BCUT2D eigenvalue weighted by atomic mass is 10.3. The summed E-state index contributed by atoms with van der Waals surface area (Å²) in [6.45, 7) is 8.21. The van der Waals surface area contributed by atoms with Gasteiger partial charge in [0.25, 0.3) is 0 Å². The summed E-state index contributed by atoms with van der Waals surface area (Å²) >= 11 is 1.16. The minimum Gasteiger partial charge on any atom is -0.334 e. The number of amides is 1. The van der Waals surface area contributed by atoms with Crippen LogP contribution in [0.4, 0.5) is 0 Å². The maximum Gasteiger partial charge on any atom is 0.308 e. The average molecular weight is 288 g/mol. The van der Waals surface area contributed by atoms with E-state index in [-0.39, 0.29) is 17.3 Å². The van der Waals surface area contributed by atoms with Crippen molar-refractivity contribution in [3.05, 3.63) is 59.2 Å². The van der Waals surface area contributed by atoms with Crippen molar-refractivity contribution in [1.82, 2.24) is 9.47 Å². The normalized spacial score (nSPS) is 10.4. The minimum atomic E-state index is -0.115. The van der Waals surface area contributed by atoms with Gasteiger partial charge < -0.3 is 4.90 Å². The first kappa shape index (κ1) is 14.3. The maximum absolute atomic E-state index is 12.3. The van der Waals surface area contributed by atoms with Crippen LogP contribution in [0, 0.1) is 0 Å². The molecule has 1 aromatic heterocycles. The van der Waals surface area contributed by atoms with Gasteiger partial charge in [0.2, 0.25) is 5.91 Å². The van der Waals surface area contributed by atoms with E-state index in [1.165, 1.54) is 4.57 Å². The van der Waals surface area contributed by atoms with Crippen LogP contribution in [-0.4, -0.2) is 28.5 Å². The number of carbonyl (C=O) groups excluding carboxylic acids is 1. The van der Waals surface area contributed by atoms with E-state index < -0.39 is 0 Å². The topological polar surface area (TPSA) is 42.3 Å². The van der Waals surface area contributed by atoms with Gasteiger partial charge in [0.05, 0.1) is 10.2 Å². The molecule has 0 aliphatic rings. The molecule has 1 amide bonds. The Kier molecular flexibility index (Phi) is 4.53. The molecule has 0 N–H and O–H groups in total. The summed E-state index contributed by atoms with van der Waals surface area (Å²) in [5, 5.41) is 0. The molecule has 2 rings (SSSR count). The van der Waals surface area contributed by atoms with Gasteiger partial charge in [-0.25, -0.2) is 0 Å². The fraction of sp³-hybridized carbons (Fsp3) is 0.200. The number of rotatable bonds is 6. The van der Waals surface area contributed by atoms with Gasteiger partial charge in [-0.05, 0) is 12.1 Å². The lowest BCUT2D eigenvalue weighted by molar-refractivity contribution is -0.130. The van der Waals surface area contributed by atoms with Crippen LogP contribution < -0.4 is 4.87 Å². The summed E-state index contributed by atoms with van der Waals surface area (Å²) in [4.78, 5) is 25.7. The molecule has 0 atom stereocenters. The van der Waals surface area contributed by atoms with E-state index >= 15 is 0 Å². The first-order chi connectivity index (χ1) is 9.67. The van der Waals surface area contributed by atoms with E-state index in [4.69, 9.17) is 0 Å². The third kappa shape index (κ3) is 2.88. The van der Waals surface area contributed by atoms with Crippen LogP contribution in [0.3, 0.4) is 0 Å². The zero-order valence-corrected chi connectivity index (χ0v) is 11.9. The minimum absolute atomic E-state index is 0.0462. The van der Waals surface area contributed by atoms with Crippen molar-refractivity contribution in [3.63, 3.8) is 0 Å². The second-order valence-corrected chi connectivity index (χ2v) is 5.29. The zero-order chi connectivity index (χ0) is 14.5. The van der Waals surface area contributed by atoms with E-state index in [9.17, 15) is 9.59 Å². The number of thiazole rings is 1. The molecule has 0 radical (unpaired) electrons. The second kappa shape index (κ2) is 6.34. The number of nitrogens with zero attached hydrogens (tertiary/aromatic N) is 2. The summed E-state index contributed by atoms with van der Waals surface area (Å²) in [5.41, 5.74) is 0.799. The van der Waals surface area contributed by atoms with E-state index in [1.807, 2.05) is 24.3 Å². The van der Waals surface area contributed by atoms with Crippen molar-refractivity contribution >= 4 is 27.5 Å². The molecule has 0 aliphatic carbocycles. The fourth-order valence-corrected chi connectivity index (χ4v) is 2.88. The summed E-state index contributed by atoms with van der Waals surface area (Å²) < 4.78 is 2.41. The Balaban J connectivity index is 2.29. The average Bonchev–Trinajstić information content (AvgIpc) is 2.75. The molecule has 0 unspecified atom stereocenters. The van der Waals surface area contributed by atoms with Gasteiger partial charge in [-0.1, -0.05) is 35.6 Å². The van der Waals surface area contributed by atoms with Crippen molar-refractivity contribution in [2.45, 2.75) is 6.54 Å². The molecule has 104 valence electrons. The van der Waals surface area contributed by atoms with Crippen molar-refractivity contribution in [3.8, 4) is 0 Å². The van der Waals surface area contributed by atoms with Gasteiger partial charge in [-0.2, -0.15) is 0 Å². The van der Waals surface area contributed by atoms with Crippen LogP contribution in [0.2, 0.25) is 0 Å². The van der Waals surface area contributed by atoms with Crippen molar-refractivity contribution in [1.29, 1.82) is 0 Å². The fourth-order valence-electron chi connectivity index (χ4n) is 1.99. The zero-order valence-electron chi connectivity index (χ0n) is 11.1. The monoisotopic (exact) mass is 288 g/mol. The molecule has 0 spiro atoms. The molecular weight excluding hydrogens is 272 g/mol. The largest absolute Gasteiger partial charge is 0.334 e. The predicted octanol–water partition coefficient (Wildman–Crippen LogP) is 2.26. The van der Waals surface area contributed by atoms with E-state index in [0.717, 1.165) is 21.6 Å². The number of benzene rings is 1. The summed E-state index contributed by atoms with van der Waals surface area (Å²) in [5.74, 6) is -0.115. The summed E-state index contributed by atoms with van der Waals surface area (Å²) in [6.07, 6.45) is 3.33. The number of hydrogen-bond acceptors (Lipinski definition) is 3. The first-order valence-corrected chi connectivity index (χ1v) is 7.07. The molecule has 20 heavy (non-hydrogen) atoms. The quantitative estimate of drug-likeness (QED) is 0.765. The van der Waals surface area contributed by atoms with Gasteiger partial charge in [0, 0.05) is 13.1 Å². The Labute approximate surface area is 121 Å². The third-order valence-electron chi connectivity index (χ3n) is 2.92. The molecule has 4 nitrogen and oxygen atoms in total. The Morgan fingerprint density at radius 3 is 2.55 bits per heavy atom. The molecular formula is C15H16N2O2S. The Bertz CT molecular complexity index is 689. The number of hydrogen-bond donors (Lipinski definition) is 0. The highest BCUT2D eigenvalue weighted by atomic mass is 32.1. The Morgan fingerprint density at radius 1 is 1.25 bits per heavy atom. The molecule has 0 bridgehead atoms. The molecule has 0 aliphatic heterocycles. The van der Waals surface area contributed by atoms with Crippen molar-refractivity contribution < 1.29 is 4.79 Å². The number of carbonyl (C=O) groups is 1. The third-order valence-corrected chi connectivity index (χ3v) is 3.88. The Morgan fingerprint density at radius 2 is 1.90 bits per heavy atom. The van der Waals surface area contributed by atoms with Crippen LogP contribution in [-0.2, 0) is 11.3 Å². The number of para-hydroxylation sites is 1. The summed E-state index contributed by atoms with van der Waals surface area (Å²) in [6, 6.07) is 7.48. The van der Waals surface area contributed by atoms with Crippen molar-refractivity contribution in [2.75, 3.05) is 13.1 Å². The van der Waals surface area contributed by atoms with Crippen LogP contribution in [0.1, 0.15) is 0 Å². The van der Waals surface area contributed by atoms with Crippen LogP contribution in [0.5, 0.6) is 0 Å². The summed E-state index contributed by atoms with van der Waals surface area (Å²) in [7, 11) is 0. The van der Waals surface area contributed by atoms with Gasteiger partial charge >= 0.3 is 4.87 Å². The Hall–Kier alpha value is -2.14. The number of aromatic nitrogens is 1. The van der Waals surface area contributed by atoms with E-state index in [1.54, 1.807) is 17.1 Å². The smallest absolute Gasteiger partial charge is 0.308 e. The molecule has 2 aromatic rings. The molecule has 0 fully saturated rings. The van der Waals surface area contributed by atoms with Crippen LogP contribution >= 0.6 is 11.3 Å². The molecule has 0 saturated heterocycles. The molecule has 5 heteroatoms. The second-order valence-electron chi connectivity index (χ2n) is 4.30. The highest BCUT2D eigenvalue weighted by Crippen LogP contribution is 2.16. The molecule has 1 heterocycles. The highest BCUT2D eigenvalue weighted by molar-refractivity contribution is 7.16. The van der Waals surface area contributed by atoms with Crippen molar-refractivity contribution in [2.24, 2.45) is 0 Å². The lowest BCUT2D eigenvalue weighted by Crippen LogP contribution is -2.35. The lowest BCUT2D eigenvalue weighted by Gasteiger charge is -2.19. The predicted molar refractivity (Wildman–Crippen MR) is 83.1 cm³/mol. The maximum atomic E-state index is 12.3. The first-order valence-electron chi connectivity index (χ1n) is 6.25. The highest BCUT2D eigenvalue weighted by Gasteiger charge is 2.15. The van der Waals surface area contributed by atoms with Crippen LogP contribution in [0.15, 0.2) is 54.4 Å². The standard InChI is InChI=1S/C15H16N2O2S/c1-3-9-16(10-4-2)14(18)11-17-12-7-5-6-8-13(12)20-15(17)19/h3-8H,1-2,9-11H2. The molecule has 1 aromatic carbocycles. The van der Waals surface area contributed by atoms with Gasteiger partial charge in [-0.15, -0.1) is 13.2 Å². The number of fused-ring (bicyclic) bond motifs is 1. The van der Waals surface area contributed by atoms with Gasteiger partial charge in [0.1, 0.15) is 6.54 Å². The van der Waals surface area contributed by atoms with E-state index in [0.29, 0.717) is 13.1 Å².